The van der Waals surface area contributed by atoms with Gasteiger partial charge in [-0.25, -0.2) is 15.0 Å². The second kappa shape index (κ2) is 5.67. The highest BCUT2D eigenvalue weighted by Gasteiger charge is 2.08. The average Bonchev–Trinajstić information content (AvgIpc) is 2.55. The molecule has 0 saturated carbocycles. The van der Waals surface area contributed by atoms with Crippen molar-refractivity contribution >= 4 is 6.08 Å². The van der Waals surface area contributed by atoms with Gasteiger partial charge in [-0.3, -0.25) is 0 Å². The average molecular weight is 273 g/mol. The molecule has 0 aliphatic rings. The molecule has 21 heavy (non-hydrogen) atoms. The maximum atomic E-state index is 4.59. The molecule has 1 heterocycles. The van der Waals surface area contributed by atoms with Crippen molar-refractivity contribution in [3.63, 3.8) is 0 Å². The molecule has 102 valence electrons. The fraction of sp³-hybridized carbons (Fsp3) is 0.0556. The number of aromatic nitrogens is 3. The normalized spacial score (nSPS) is 10.3. The molecule has 3 heteroatoms. The Kier molecular flexibility index (Phi) is 3.56. The number of rotatable bonds is 3. The van der Waals surface area contributed by atoms with Crippen molar-refractivity contribution in [2.45, 2.75) is 6.92 Å². The Labute approximate surface area is 124 Å². The summed E-state index contributed by atoms with van der Waals surface area (Å²) < 4.78 is 0. The van der Waals surface area contributed by atoms with Gasteiger partial charge in [-0.2, -0.15) is 0 Å². The highest BCUT2D eigenvalue weighted by atomic mass is 15.0. The smallest absolute Gasteiger partial charge is 0.164 e. The Balaban J connectivity index is 2.16. The van der Waals surface area contributed by atoms with E-state index in [1.54, 1.807) is 6.08 Å². The van der Waals surface area contributed by atoms with Gasteiger partial charge in [0.15, 0.2) is 17.5 Å². The van der Waals surface area contributed by atoms with Gasteiger partial charge in [0.2, 0.25) is 0 Å². The number of nitrogens with zero attached hydrogens (tertiary/aromatic N) is 3. The molecular weight excluding hydrogens is 258 g/mol. The van der Waals surface area contributed by atoms with Crippen molar-refractivity contribution in [2.75, 3.05) is 0 Å². The highest BCUT2D eigenvalue weighted by Crippen LogP contribution is 2.21. The van der Waals surface area contributed by atoms with Crippen LogP contribution in [0.4, 0.5) is 0 Å². The molecular formula is C18H15N3. The van der Waals surface area contributed by atoms with Crippen LogP contribution < -0.4 is 0 Å². The van der Waals surface area contributed by atoms with E-state index in [0.717, 1.165) is 11.1 Å². The maximum absolute atomic E-state index is 4.59. The lowest BCUT2D eigenvalue weighted by Crippen LogP contribution is -1.99. The van der Waals surface area contributed by atoms with Crippen LogP contribution in [0.3, 0.4) is 0 Å². The van der Waals surface area contributed by atoms with Crippen LogP contribution in [0.15, 0.2) is 61.2 Å². The van der Waals surface area contributed by atoms with Crippen LogP contribution in [0.1, 0.15) is 11.4 Å². The van der Waals surface area contributed by atoms with E-state index in [1.165, 1.54) is 5.56 Å². The van der Waals surface area contributed by atoms with Gasteiger partial charge in [0, 0.05) is 11.1 Å². The van der Waals surface area contributed by atoms with Gasteiger partial charge in [-0.05, 0) is 19.1 Å². The van der Waals surface area contributed by atoms with E-state index >= 15 is 0 Å². The first kappa shape index (κ1) is 13.2. The van der Waals surface area contributed by atoms with E-state index < -0.39 is 0 Å². The molecule has 0 saturated heterocycles. The molecule has 1 aromatic heterocycles. The van der Waals surface area contributed by atoms with Crippen molar-refractivity contribution in [1.82, 2.24) is 15.0 Å². The zero-order valence-corrected chi connectivity index (χ0v) is 11.8. The summed E-state index contributed by atoms with van der Waals surface area (Å²) >= 11 is 0. The van der Waals surface area contributed by atoms with Crippen molar-refractivity contribution in [3.8, 4) is 22.8 Å². The Morgan fingerprint density at radius 3 is 2.14 bits per heavy atom. The maximum Gasteiger partial charge on any atom is 0.164 e. The molecule has 0 atom stereocenters. The molecule has 0 amide bonds. The van der Waals surface area contributed by atoms with Crippen LogP contribution >= 0.6 is 0 Å². The fourth-order valence-electron chi connectivity index (χ4n) is 2.11. The molecule has 0 fully saturated rings. The summed E-state index contributed by atoms with van der Waals surface area (Å²) in [7, 11) is 0. The molecule has 0 radical (unpaired) electrons. The molecule has 0 aliphatic carbocycles. The molecule has 0 unspecified atom stereocenters. The molecule has 2 aromatic carbocycles. The Morgan fingerprint density at radius 2 is 1.48 bits per heavy atom. The van der Waals surface area contributed by atoms with Gasteiger partial charge in [0.25, 0.3) is 0 Å². The molecule has 0 bridgehead atoms. The van der Waals surface area contributed by atoms with Gasteiger partial charge in [0.1, 0.15) is 0 Å². The van der Waals surface area contributed by atoms with Gasteiger partial charge >= 0.3 is 0 Å². The Hall–Kier alpha value is -2.81. The van der Waals surface area contributed by atoms with E-state index in [0.29, 0.717) is 17.5 Å². The van der Waals surface area contributed by atoms with Crippen LogP contribution in [0, 0.1) is 6.92 Å². The van der Waals surface area contributed by atoms with Crippen LogP contribution in [0.5, 0.6) is 0 Å². The molecule has 0 aliphatic heterocycles. The van der Waals surface area contributed by atoms with E-state index in [1.807, 2.05) is 42.5 Å². The van der Waals surface area contributed by atoms with Gasteiger partial charge in [0.05, 0.1) is 0 Å². The van der Waals surface area contributed by atoms with Crippen LogP contribution in [0.2, 0.25) is 0 Å². The number of hydrogen-bond acceptors (Lipinski definition) is 3. The zero-order valence-electron chi connectivity index (χ0n) is 11.8. The lowest BCUT2D eigenvalue weighted by atomic mass is 10.1. The second-order valence-corrected chi connectivity index (χ2v) is 4.78. The molecule has 3 aromatic rings. The Bertz CT molecular complexity index is 779. The highest BCUT2D eigenvalue weighted by molar-refractivity contribution is 5.62. The van der Waals surface area contributed by atoms with Gasteiger partial charge < -0.3 is 0 Å². The monoisotopic (exact) mass is 273 g/mol. The summed E-state index contributed by atoms with van der Waals surface area (Å²) in [5.74, 6) is 1.92. The molecule has 0 N–H and O–H groups in total. The molecule has 3 rings (SSSR count). The van der Waals surface area contributed by atoms with E-state index in [2.05, 4.69) is 40.6 Å². The number of hydrogen-bond donors (Lipinski definition) is 0. The predicted molar refractivity (Wildman–Crippen MR) is 85.5 cm³/mol. The summed E-state index contributed by atoms with van der Waals surface area (Å²) in [6.07, 6.45) is 1.65. The van der Waals surface area contributed by atoms with Crippen molar-refractivity contribution in [2.24, 2.45) is 0 Å². The summed E-state index contributed by atoms with van der Waals surface area (Å²) in [6.45, 7) is 5.82. The molecule has 0 spiro atoms. The lowest BCUT2D eigenvalue weighted by Gasteiger charge is -2.06. The third-order valence-electron chi connectivity index (χ3n) is 3.14. The Morgan fingerprint density at radius 1 is 0.810 bits per heavy atom. The van der Waals surface area contributed by atoms with Gasteiger partial charge in [-0.15, -0.1) is 0 Å². The van der Waals surface area contributed by atoms with Crippen molar-refractivity contribution in [1.29, 1.82) is 0 Å². The quantitative estimate of drug-likeness (QED) is 0.719. The van der Waals surface area contributed by atoms with Crippen LogP contribution in [-0.2, 0) is 0 Å². The first-order valence-electron chi connectivity index (χ1n) is 6.77. The lowest BCUT2D eigenvalue weighted by molar-refractivity contribution is 1.04. The first-order chi connectivity index (χ1) is 10.3. The van der Waals surface area contributed by atoms with E-state index in [4.69, 9.17) is 0 Å². The van der Waals surface area contributed by atoms with Crippen molar-refractivity contribution < 1.29 is 0 Å². The van der Waals surface area contributed by atoms with Crippen LogP contribution in [-0.4, -0.2) is 15.0 Å². The minimum Gasteiger partial charge on any atom is -0.209 e. The first-order valence-corrected chi connectivity index (χ1v) is 6.77. The summed E-state index contributed by atoms with van der Waals surface area (Å²) in [5.41, 5.74) is 3.13. The van der Waals surface area contributed by atoms with Gasteiger partial charge in [-0.1, -0.05) is 60.7 Å². The number of benzene rings is 2. The largest absolute Gasteiger partial charge is 0.209 e. The number of aryl methyl sites for hydroxylation is 1. The summed E-state index contributed by atoms with van der Waals surface area (Å²) in [6, 6.07) is 18.0. The van der Waals surface area contributed by atoms with Crippen LogP contribution in [0.25, 0.3) is 28.9 Å². The fourth-order valence-corrected chi connectivity index (χ4v) is 2.11. The molecule has 3 nitrogen and oxygen atoms in total. The zero-order chi connectivity index (χ0) is 14.7. The van der Waals surface area contributed by atoms with Crippen molar-refractivity contribution in [3.05, 3.63) is 72.6 Å². The van der Waals surface area contributed by atoms with E-state index in [9.17, 15) is 0 Å². The SMILES string of the molecule is C=Cc1nc(-c2ccccc2)nc(-c2cccc(C)c2)n1. The summed E-state index contributed by atoms with van der Waals surface area (Å²) in [5, 5.41) is 0. The van der Waals surface area contributed by atoms with E-state index in [-0.39, 0.29) is 0 Å². The standard InChI is InChI=1S/C18H15N3/c1-3-16-19-17(14-9-5-4-6-10-14)21-18(20-16)15-11-7-8-13(2)12-15/h3-12H,1H2,2H3. The topological polar surface area (TPSA) is 38.7 Å². The third-order valence-corrected chi connectivity index (χ3v) is 3.14. The predicted octanol–water partition coefficient (Wildman–Crippen LogP) is 4.16. The summed E-state index contributed by atoms with van der Waals surface area (Å²) in [4.78, 5) is 13.5. The minimum absolute atomic E-state index is 0.584. The minimum atomic E-state index is 0.584. The second-order valence-electron chi connectivity index (χ2n) is 4.78. The third kappa shape index (κ3) is 2.87.